The number of ether oxygens (including phenoxy) is 1. The van der Waals surface area contributed by atoms with Gasteiger partial charge < -0.3 is 19.9 Å². The highest BCUT2D eigenvalue weighted by molar-refractivity contribution is 14.0. The van der Waals surface area contributed by atoms with Crippen LogP contribution in [0.5, 0.6) is 0 Å². The molecule has 1 N–H and O–H groups in total. The molecule has 1 saturated carbocycles. The Labute approximate surface area is 167 Å². The van der Waals surface area contributed by atoms with E-state index in [0.717, 1.165) is 38.2 Å². The van der Waals surface area contributed by atoms with E-state index in [1.807, 2.05) is 7.05 Å². The van der Waals surface area contributed by atoms with Gasteiger partial charge in [-0.3, -0.25) is 4.99 Å². The van der Waals surface area contributed by atoms with Crippen molar-refractivity contribution in [2.45, 2.75) is 18.9 Å². The molecule has 5 nitrogen and oxygen atoms in total. The van der Waals surface area contributed by atoms with Gasteiger partial charge >= 0.3 is 0 Å². The Kier molecular flexibility index (Phi) is 10.2. The summed E-state index contributed by atoms with van der Waals surface area (Å²) in [5.41, 5.74) is 0. The molecule has 24 heavy (non-hydrogen) atoms. The lowest BCUT2D eigenvalue weighted by atomic mass is 10.2. The topological polar surface area (TPSA) is 40.1 Å². The summed E-state index contributed by atoms with van der Waals surface area (Å²) in [5.74, 6) is 1.74. The fraction of sp³-hybridized carbons (Fsp3) is 0.706. The largest absolute Gasteiger partial charge is 0.379 e. The van der Waals surface area contributed by atoms with Crippen LogP contribution in [0.4, 0.5) is 0 Å². The number of likely N-dealkylation sites (N-methyl/N-ethyl adjacent to an activating group) is 2. The van der Waals surface area contributed by atoms with E-state index in [1.54, 1.807) is 11.3 Å². The van der Waals surface area contributed by atoms with E-state index in [4.69, 9.17) is 4.74 Å². The molecule has 1 unspecified atom stereocenters. The average molecular weight is 466 g/mol. The van der Waals surface area contributed by atoms with Crippen LogP contribution in [0, 0.1) is 5.92 Å². The second kappa shape index (κ2) is 11.3. The van der Waals surface area contributed by atoms with Crippen LogP contribution in [0.25, 0.3) is 0 Å². The van der Waals surface area contributed by atoms with Gasteiger partial charge in [-0.1, -0.05) is 6.07 Å². The number of nitrogens with zero attached hydrogens (tertiary/aromatic N) is 3. The lowest BCUT2D eigenvalue weighted by Gasteiger charge is -2.27. The molecule has 0 amide bonds. The third-order valence-corrected chi connectivity index (χ3v) is 5.12. The molecule has 1 aromatic rings. The van der Waals surface area contributed by atoms with E-state index in [1.165, 1.54) is 17.7 Å². The number of halogens is 1. The maximum absolute atomic E-state index is 5.71. The molecular weight excluding hydrogens is 435 g/mol. The summed E-state index contributed by atoms with van der Waals surface area (Å²) in [6, 6.07) is 4.65. The Morgan fingerprint density at radius 1 is 1.42 bits per heavy atom. The van der Waals surface area contributed by atoms with Gasteiger partial charge in [0.1, 0.15) is 0 Å². The Bertz CT molecular complexity index is 477. The maximum atomic E-state index is 5.71. The molecule has 7 heteroatoms. The van der Waals surface area contributed by atoms with Crippen LogP contribution < -0.4 is 5.32 Å². The molecule has 1 atom stereocenters. The molecule has 1 aliphatic carbocycles. The molecule has 1 aromatic heterocycles. The maximum Gasteiger partial charge on any atom is 0.193 e. The third kappa shape index (κ3) is 7.25. The van der Waals surface area contributed by atoms with Gasteiger partial charge in [0.2, 0.25) is 0 Å². The number of hydrogen-bond acceptors (Lipinski definition) is 4. The summed E-state index contributed by atoms with van der Waals surface area (Å²) in [4.78, 5) is 10.1. The summed E-state index contributed by atoms with van der Waals surface area (Å²) in [6.45, 7) is 3.38. The normalized spacial score (nSPS) is 16.0. The minimum atomic E-state index is 0. The number of rotatable bonds is 9. The van der Waals surface area contributed by atoms with Crippen LogP contribution in [0.1, 0.15) is 23.8 Å². The number of nitrogens with one attached hydrogen (secondary N) is 1. The van der Waals surface area contributed by atoms with Crippen LogP contribution in [0.15, 0.2) is 22.5 Å². The fourth-order valence-corrected chi connectivity index (χ4v) is 3.36. The van der Waals surface area contributed by atoms with Gasteiger partial charge in [0, 0.05) is 38.7 Å². The smallest absolute Gasteiger partial charge is 0.193 e. The lowest BCUT2D eigenvalue weighted by molar-refractivity contribution is 0.115. The molecule has 2 rings (SSSR count). The van der Waals surface area contributed by atoms with Crippen molar-refractivity contribution in [1.82, 2.24) is 15.1 Å². The van der Waals surface area contributed by atoms with Crippen molar-refractivity contribution in [2.75, 3.05) is 54.5 Å². The summed E-state index contributed by atoms with van der Waals surface area (Å²) in [5, 5.41) is 5.62. The second-order valence-corrected chi connectivity index (χ2v) is 7.34. The quantitative estimate of drug-likeness (QED) is 0.263. The summed E-state index contributed by atoms with van der Waals surface area (Å²) >= 11 is 1.80. The summed E-state index contributed by atoms with van der Waals surface area (Å²) in [7, 11) is 8.12. The predicted molar refractivity (Wildman–Crippen MR) is 114 cm³/mol. The molecule has 0 radical (unpaired) electrons. The lowest BCUT2D eigenvalue weighted by Crippen LogP contribution is -2.43. The van der Waals surface area contributed by atoms with Gasteiger partial charge in [-0.05, 0) is 44.3 Å². The number of aliphatic imine (C=N–C) groups is 1. The van der Waals surface area contributed by atoms with Crippen molar-refractivity contribution in [2.24, 2.45) is 10.9 Å². The standard InChI is InChI=1S/C17H30N4OS.HI/c1-18-17(21(4)9-10-22-13-14-7-8-14)19-12-15(20(2)3)16-6-5-11-23-16;/h5-6,11,14-15H,7-10,12-13H2,1-4H3,(H,18,19);1H. The Morgan fingerprint density at radius 3 is 2.71 bits per heavy atom. The first-order chi connectivity index (χ1) is 11.1. The monoisotopic (exact) mass is 466 g/mol. The Balaban J connectivity index is 0.00000288. The minimum Gasteiger partial charge on any atom is -0.379 e. The molecular formula is C17H31IN4OS. The van der Waals surface area contributed by atoms with Crippen LogP contribution >= 0.6 is 35.3 Å². The number of guanidine groups is 1. The van der Waals surface area contributed by atoms with Gasteiger partial charge in [0.15, 0.2) is 5.96 Å². The molecule has 0 aromatic carbocycles. The highest BCUT2D eigenvalue weighted by atomic mass is 127. The SMILES string of the molecule is CN=C(NCC(c1cccs1)N(C)C)N(C)CCOCC1CC1.I. The van der Waals surface area contributed by atoms with Crippen LogP contribution in [0.2, 0.25) is 0 Å². The molecule has 0 spiro atoms. The van der Waals surface area contributed by atoms with Crippen LogP contribution in [0.3, 0.4) is 0 Å². The van der Waals surface area contributed by atoms with Crippen molar-refractivity contribution < 1.29 is 4.74 Å². The molecule has 1 aliphatic rings. The van der Waals surface area contributed by atoms with Crippen molar-refractivity contribution >= 4 is 41.3 Å². The fourth-order valence-electron chi connectivity index (χ4n) is 2.43. The first kappa shape index (κ1) is 21.7. The first-order valence-electron chi connectivity index (χ1n) is 8.31. The average Bonchev–Trinajstić information content (AvgIpc) is 3.20. The Hall–Kier alpha value is -0.380. The highest BCUT2D eigenvalue weighted by Crippen LogP contribution is 2.28. The number of thiophene rings is 1. The van der Waals surface area contributed by atoms with Crippen LogP contribution in [-0.4, -0.2) is 70.3 Å². The van der Waals surface area contributed by atoms with Gasteiger partial charge in [-0.2, -0.15) is 0 Å². The van der Waals surface area contributed by atoms with Crippen molar-refractivity contribution in [3.63, 3.8) is 0 Å². The zero-order valence-corrected chi connectivity index (χ0v) is 18.3. The minimum absolute atomic E-state index is 0. The highest BCUT2D eigenvalue weighted by Gasteiger charge is 2.21. The molecule has 0 saturated heterocycles. The molecule has 0 bridgehead atoms. The van der Waals surface area contributed by atoms with E-state index < -0.39 is 0 Å². The summed E-state index contributed by atoms with van der Waals surface area (Å²) in [6.07, 6.45) is 2.68. The Morgan fingerprint density at radius 2 is 2.17 bits per heavy atom. The van der Waals surface area contributed by atoms with Crippen molar-refractivity contribution in [3.05, 3.63) is 22.4 Å². The molecule has 0 aliphatic heterocycles. The first-order valence-corrected chi connectivity index (χ1v) is 9.19. The van der Waals surface area contributed by atoms with E-state index in [2.05, 4.69) is 58.8 Å². The van der Waals surface area contributed by atoms with E-state index >= 15 is 0 Å². The second-order valence-electron chi connectivity index (χ2n) is 6.36. The van der Waals surface area contributed by atoms with Gasteiger partial charge in [-0.25, -0.2) is 0 Å². The zero-order valence-electron chi connectivity index (χ0n) is 15.2. The van der Waals surface area contributed by atoms with Gasteiger partial charge in [0.25, 0.3) is 0 Å². The van der Waals surface area contributed by atoms with Crippen LogP contribution in [-0.2, 0) is 4.74 Å². The molecule has 138 valence electrons. The van der Waals surface area contributed by atoms with E-state index in [0.29, 0.717) is 6.04 Å². The summed E-state index contributed by atoms with van der Waals surface area (Å²) < 4.78 is 5.71. The van der Waals surface area contributed by atoms with E-state index in [9.17, 15) is 0 Å². The number of hydrogen-bond donors (Lipinski definition) is 1. The predicted octanol–water partition coefficient (Wildman–Crippen LogP) is 2.90. The van der Waals surface area contributed by atoms with Gasteiger partial charge in [-0.15, -0.1) is 35.3 Å². The molecule has 1 fully saturated rings. The zero-order chi connectivity index (χ0) is 16.7. The third-order valence-electron chi connectivity index (χ3n) is 4.14. The van der Waals surface area contributed by atoms with Gasteiger partial charge in [0.05, 0.1) is 12.6 Å². The van der Waals surface area contributed by atoms with E-state index in [-0.39, 0.29) is 24.0 Å². The molecule has 1 heterocycles. The van der Waals surface area contributed by atoms with Crippen molar-refractivity contribution in [3.8, 4) is 0 Å². The van der Waals surface area contributed by atoms with Crippen molar-refractivity contribution in [1.29, 1.82) is 0 Å².